The van der Waals surface area contributed by atoms with E-state index in [0.29, 0.717) is 5.92 Å². The molecule has 0 bridgehead atoms. The molecule has 4 heteroatoms. The van der Waals surface area contributed by atoms with Crippen molar-refractivity contribution in [2.75, 3.05) is 7.11 Å². The standard InChI is InChI=1S/C17H21NO2S/c1-9(2)13-8-14(10(3)7-15(13)20-6)16-17(11(4)19)21-12(5)18-16/h7-9H,1-6H3. The summed E-state index contributed by atoms with van der Waals surface area (Å²) in [5, 5.41) is 0.913. The second kappa shape index (κ2) is 5.98. The second-order valence-electron chi connectivity index (χ2n) is 5.53. The highest BCUT2D eigenvalue weighted by molar-refractivity contribution is 7.14. The van der Waals surface area contributed by atoms with Crippen molar-refractivity contribution in [3.8, 4) is 17.0 Å². The van der Waals surface area contributed by atoms with E-state index in [-0.39, 0.29) is 5.78 Å². The molecule has 0 spiro atoms. The molecule has 112 valence electrons. The van der Waals surface area contributed by atoms with E-state index in [1.807, 2.05) is 19.9 Å². The lowest BCUT2D eigenvalue weighted by Gasteiger charge is -2.15. The van der Waals surface area contributed by atoms with Crippen molar-refractivity contribution in [1.29, 1.82) is 0 Å². The quantitative estimate of drug-likeness (QED) is 0.764. The summed E-state index contributed by atoms with van der Waals surface area (Å²) in [6.45, 7) is 9.83. The Morgan fingerprint density at radius 3 is 2.48 bits per heavy atom. The summed E-state index contributed by atoms with van der Waals surface area (Å²) in [6.07, 6.45) is 0. The minimum atomic E-state index is 0.0666. The molecule has 0 atom stereocenters. The lowest BCUT2D eigenvalue weighted by atomic mass is 9.94. The van der Waals surface area contributed by atoms with Crippen molar-refractivity contribution < 1.29 is 9.53 Å². The first kappa shape index (κ1) is 15.7. The van der Waals surface area contributed by atoms with Gasteiger partial charge in [0.05, 0.1) is 22.7 Å². The van der Waals surface area contributed by atoms with Crippen molar-refractivity contribution in [2.24, 2.45) is 0 Å². The SMILES string of the molecule is COc1cc(C)c(-c2nc(C)sc2C(C)=O)cc1C(C)C. The number of carbonyl (C=O) groups is 1. The van der Waals surface area contributed by atoms with Gasteiger partial charge in [0.2, 0.25) is 0 Å². The molecule has 2 rings (SSSR count). The Hall–Kier alpha value is -1.68. The fourth-order valence-corrected chi connectivity index (χ4v) is 3.26. The summed E-state index contributed by atoms with van der Waals surface area (Å²) in [6, 6.07) is 4.14. The molecular weight excluding hydrogens is 282 g/mol. The first-order valence-electron chi connectivity index (χ1n) is 7.02. The van der Waals surface area contributed by atoms with E-state index >= 15 is 0 Å². The number of rotatable bonds is 4. The average Bonchev–Trinajstić information content (AvgIpc) is 2.80. The number of hydrogen-bond acceptors (Lipinski definition) is 4. The molecule has 0 N–H and O–H groups in total. The van der Waals surface area contributed by atoms with Crippen LogP contribution in [0.2, 0.25) is 0 Å². The van der Waals surface area contributed by atoms with Gasteiger partial charge in [0.25, 0.3) is 0 Å². The first-order valence-corrected chi connectivity index (χ1v) is 7.84. The van der Waals surface area contributed by atoms with Gasteiger partial charge in [-0.2, -0.15) is 0 Å². The molecule has 2 aromatic rings. The maximum Gasteiger partial charge on any atom is 0.172 e. The van der Waals surface area contributed by atoms with Gasteiger partial charge in [-0.1, -0.05) is 13.8 Å². The van der Waals surface area contributed by atoms with Crippen LogP contribution in [0.1, 0.15) is 52.5 Å². The van der Waals surface area contributed by atoms with Crippen LogP contribution in [-0.4, -0.2) is 17.9 Å². The molecule has 0 aliphatic carbocycles. The predicted molar refractivity (Wildman–Crippen MR) is 87.7 cm³/mol. The zero-order chi connectivity index (χ0) is 15.7. The molecule has 1 aromatic heterocycles. The number of benzene rings is 1. The van der Waals surface area contributed by atoms with Crippen LogP contribution >= 0.6 is 11.3 Å². The molecule has 0 unspecified atom stereocenters. The first-order chi connectivity index (χ1) is 9.85. The van der Waals surface area contributed by atoms with Crippen molar-refractivity contribution in [1.82, 2.24) is 4.98 Å². The number of thiazole rings is 1. The molecule has 0 fully saturated rings. The molecular formula is C17H21NO2S. The van der Waals surface area contributed by atoms with E-state index in [1.165, 1.54) is 11.3 Å². The maximum absolute atomic E-state index is 11.9. The van der Waals surface area contributed by atoms with E-state index in [2.05, 4.69) is 24.9 Å². The molecule has 0 aliphatic heterocycles. The van der Waals surface area contributed by atoms with E-state index in [0.717, 1.165) is 38.0 Å². The Balaban J connectivity index is 2.70. The second-order valence-corrected chi connectivity index (χ2v) is 6.73. The van der Waals surface area contributed by atoms with Gasteiger partial charge in [-0.05, 0) is 43.0 Å². The van der Waals surface area contributed by atoms with E-state index in [4.69, 9.17) is 4.74 Å². The molecule has 0 radical (unpaired) electrons. The summed E-state index contributed by atoms with van der Waals surface area (Å²) in [5.74, 6) is 1.30. The van der Waals surface area contributed by atoms with E-state index < -0.39 is 0 Å². The normalized spacial score (nSPS) is 11.0. The van der Waals surface area contributed by atoms with Crippen LogP contribution in [0.5, 0.6) is 5.75 Å². The van der Waals surface area contributed by atoms with Gasteiger partial charge in [0, 0.05) is 12.5 Å². The largest absolute Gasteiger partial charge is 0.496 e. The van der Waals surface area contributed by atoms with Gasteiger partial charge in [0.15, 0.2) is 5.78 Å². The van der Waals surface area contributed by atoms with Gasteiger partial charge in [-0.3, -0.25) is 4.79 Å². The summed E-state index contributed by atoms with van der Waals surface area (Å²) < 4.78 is 5.48. The number of hydrogen-bond donors (Lipinski definition) is 0. The third-order valence-electron chi connectivity index (χ3n) is 3.51. The third-order valence-corrected chi connectivity index (χ3v) is 4.58. The topological polar surface area (TPSA) is 39.2 Å². The van der Waals surface area contributed by atoms with Gasteiger partial charge in [0.1, 0.15) is 5.75 Å². The molecule has 3 nitrogen and oxygen atoms in total. The third kappa shape index (κ3) is 3.00. The van der Waals surface area contributed by atoms with E-state index in [9.17, 15) is 4.79 Å². The summed E-state index contributed by atoms with van der Waals surface area (Å²) in [4.78, 5) is 17.2. The van der Waals surface area contributed by atoms with Gasteiger partial charge in [-0.25, -0.2) is 4.98 Å². The van der Waals surface area contributed by atoms with Crippen LogP contribution in [0.25, 0.3) is 11.3 Å². The summed E-state index contributed by atoms with van der Waals surface area (Å²) in [5.41, 5.74) is 4.03. The van der Waals surface area contributed by atoms with Crippen LogP contribution in [-0.2, 0) is 0 Å². The number of aryl methyl sites for hydroxylation is 2. The fraction of sp³-hybridized carbons (Fsp3) is 0.412. The average molecular weight is 303 g/mol. The number of Topliss-reactive ketones (excluding diaryl/α,β-unsaturated/α-hetero) is 1. The molecule has 21 heavy (non-hydrogen) atoms. The highest BCUT2D eigenvalue weighted by Gasteiger charge is 2.19. The highest BCUT2D eigenvalue weighted by atomic mass is 32.1. The van der Waals surface area contributed by atoms with Gasteiger partial charge >= 0.3 is 0 Å². The number of nitrogens with zero attached hydrogens (tertiary/aromatic N) is 1. The van der Waals surface area contributed by atoms with E-state index in [1.54, 1.807) is 14.0 Å². The number of carbonyl (C=O) groups excluding carboxylic acids is 1. The van der Waals surface area contributed by atoms with Crippen molar-refractivity contribution in [3.05, 3.63) is 33.1 Å². The lowest BCUT2D eigenvalue weighted by molar-refractivity contribution is 0.102. The summed E-state index contributed by atoms with van der Waals surface area (Å²) >= 11 is 1.46. The van der Waals surface area contributed by atoms with Crippen molar-refractivity contribution in [2.45, 2.75) is 40.5 Å². The Morgan fingerprint density at radius 1 is 1.29 bits per heavy atom. The van der Waals surface area contributed by atoms with Crippen LogP contribution < -0.4 is 4.74 Å². The maximum atomic E-state index is 11.9. The number of ketones is 1. The van der Waals surface area contributed by atoms with Gasteiger partial charge < -0.3 is 4.74 Å². The molecule has 0 saturated carbocycles. The van der Waals surface area contributed by atoms with Gasteiger partial charge in [-0.15, -0.1) is 11.3 Å². The molecule has 0 aliphatic rings. The smallest absolute Gasteiger partial charge is 0.172 e. The fourth-order valence-electron chi connectivity index (χ4n) is 2.43. The lowest BCUT2D eigenvalue weighted by Crippen LogP contribution is -1.99. The zero-order valence-electron chi connectivity index (χ0n) is 13.4. The zero-order valence-corrected chi connectivity index (χ0v) is 14.2. The Labute approximate surface area is 130 Å². The van der Waals surface area contributed by atoms with Crippen molar-refractivity contribution >= 4 is 17.1 Å². The number of methoxy groups -OCH3 is 1. The Kier molecular flexibility index (Phi) is 4.47. The van der Waals surface area contributed by atoms with Crippen LogP contribution in [0, 0.1) is 13.8 Å². The molecule has 1 aromatic carbocycles. The number of aromatic nitrogens is 1. The monoisotopic (exact) mass is 303 g/mol. The van der Waals surface area contributed by atoms with Crippen LogP contribution in [0.15, 0.2) is 12.1 Å². The van der Waals surface area contributed by atoms with Crippen LogP contribution in [0.3, 0.4) is 0 Å². The van der Waals surface area contributed by atoms with Crippen LogP contribution in [0.4, 0.5) is 0 Å². The minimum Gasteiger partial charge on any atom is -0.496 e. The molecule has 0 amide bonds. The predicted octanol–water partition coefficient (Wildman–Crippen LogP) is 4.76. The molecule has 1 heterocycles. The molecule has 0 saturated heterocycles. The minimum absolute atomic E-state index is 0.0666. The van der Waals surface area contributed by atoms with Crippen molar-refractivity contribution in [3.63, 3.8) is 0 Å². The Bertz CT molecular complexity index is 686. The number of ether oxygens (including phenoxy) is 1. The summed E-state index contributed by atoms with van der Waals surface area (Å²) in [7, 11) is 1.69. The Morgan fingerprint density at radius 2 is 1.95 bits per heavy atom. The highest BCUT2D eigenvalue weighted by Crippen LogP contribution is 2.36.